The molecule has 0 fully saturated rings. The summed E-state index contributed by atoms with van der Waals surface area (Å²) in [6, 6.07) is 8.24. The Hall–Kier alpha value is -1.24. The summed E-state index contributed by atoms with van der Waals surface area (Å²) in [7, 11) is 0. The Labute approximate surface area is 80.0 Å². The van der Waals surface area contributed by atoms with Gasteiger partial charge in [0.15, 0.2) is 0 Å². The predicted octanol–water partition coefficient (Wildman–Crippen LogP) is 3.20. The van der Waals surface area contributed by atoms with Gasteiger partial charge in [0.2, 0.25) is 0 Å². The van der Waals surface area contributed by atoms with Crippen molar-refractivity contribution in [3.8, 4) is 5.75 Å². The second-order valence-corrected chi connectivity index (χ2v) is 2.99. The summed E-state index contributed by atoms with van der Waals surface area (Å²) in [6.45, 7) is 6.36. The van der Waals surface area contributed by atoms with E-state index in [1.54, 1.807) is 6.08 Å². The molecule has 0 amide bonds. The first-order chi connectivity index (χ1) is 6.36. The van der Waals surface area contributed by atoms with E-state index in [-0.39, 0.29) is 0 Å². The molecule has 0 saturated heterocycles. The van der Waals surface area contributed by atoms with Crippen molar-refractivity contribution in [2.45, 2.75) is 19.8 Å². The zero-order chi connectivity index (χ0) is 9.52. The molecule has 0 saturated carbocycles. The highest BCUT2D eigenvalue weighted by atomic mass is 16.5. The van der Waals surface area contributed by atoms with Crippen LogP contribution in [0.15, 0.2) is 36.9 Å². The van der Waals surface area contributed by atoms with Gasteiger partial charge in [-0.1, -0.05) is 38.1 Å². The van der Waals surface area contributed by atoms with Crippen molar-refractivity contribution in [3.05, 3.63) is 42.5 Å². The van der Waals surface area contributed by atoms with Crippen LogP contribution in [0.3, 0.4) is 0 Å². The van der Waals surface area contributed by atoms with Gasteiger partial charge in [-0.25, -0.2) is 0 Å². The van der Waals surface area contributed by atoms with Crippen molar-refractivity contribution in [2.24, 2.45) is 0 Å². The fourth-order valence-corrected chi connectivity index (χ4v) is 1.20. The molecule has 0 aliphatic carbocycles. The lowest BCUT2D eigenvalue weighted by Gasteiger charge is -2.03. The van der Waals surface area contributed by atoms with Crippen LogP contribution in [0.1, 0.15) is 18.9 Å². The molecule has 0 heterocycles. The molecule has 0 aliphatic heterocycles. The number of benzene rings is 1. The van der Waals surface area contributed by atoms with E-state index in [9.17, 15) is 0 Å². The molecule has 1 rings (SSSR count). The molecule has 0 atom stereocenters. The summed E-state index contributed by atoms with van der Waals surface area (Å²) in [5.41, 5.74) is 1.37. The van der Waals surface area contributed by atoms with E-state index in [0.717, 1.165) is 12.2 Å². The van der Waals surface area contributed by atoms with Gasteiger partial charge in [-0.3, -0.25) is 0 Å². The molecular formula is C12H16O. The quantitative estimate of drug-likeness (QED) is 0.626. The smallest absolute Gasteiger partial charge is 0.119 e. The van der Waals surface area contributed by atoms with E-state index in [0.29, 0.717) is 6.61 Å². The summed E-state index contributed by atoms with van der Waals surface area (Å²) in [6.07, 6.45) is 4.08. The van der Waals surface area contributed by atoms with Gasteiger partial charge < -0.3 is 4.74 Å². The molecular weight excluding hydrogens is 160 g/mol. The first-order valence-corrected chi connectivity index (χ1v) is 4.69. The van der Waals surface area contributed by atoms with E-state index in [4.69, 9.17) is 4.74 Å². The highest BCUT2D eigenvalue weighted by Gasteiger charge is 1.93. The number of aryl methyl sites for hydroxylation is 1. The van der Waals surface area contributed by atoms with Crippen LogP contribution < -0.4 is 4.74 Å². The van der Waals surface area contributed by atoms with Gasteiger partial charge in [-0.2, -0.15) is 0 Å². The Morgan fingerprint density at radius 1 is 1.31 bits per heavy atom. The maximum atomic E-state index is 5.37. The number of hydrogen-bond donors (Lipinski definition) is 0. The molecule has 13 heavy (non-hydrogen) atoms. The zero-order valence-corrected chi connectivity index (χ0v) is 8.12. The van der Waals surface area contributed by atoms with Gasteiger partial charge in [0.1, 0.15) is 12.4 Å². The highest BCUT2D eigenvalue weighted by Crippen LogP contribution is 2.13. The number of ether oxygens (including phenoxy) is 1. The Balaban J connectivity index is 2.53. The molecule has 0 N–H and O–H groups in total. The third-order valence-corrected chi connectivity index (χ3v) is 1.83. The van der Waals surface area contributed by atoms with Crippen LogP contribution in [0.2, 0.25) is 0 Å². The largest absolute Gasteiger partial charge is 0.490 e. The van der Waals surface area contributed by atoms with Crippen LogP contribution in [0.25, 0.3) is 0 Å². The van der Waals surface area contributed by atoms with E-state index in [1.165, 1.54) is 12.0 Å². The Bertz CT molecular complexity index is 248. The molecule has 70 valence electrons. The SMILES string of the molecule is C=CCOc1ccc(CCC)cc1. The third-order valence-electron chi connectivity index (χ3n) is 1.83. The van der Waals surface area contributed by atoms with Crippen molar-refractivity contribution in [2.75, 3.05) is 6.61 Å². The van der Waals surface area contributed by atoms with E-state index >= 15 is 0 Å². The number of rotatable bonds is 5. The average molecular weight is 176 g/mol. The first kappa shape index (κ1) is 9.85. The summed E-state index contributed by atoms with van der Waals surface area (Å²) < 4.78 is 5.37. The Morgan fingerprint density at radius 2 is 2.00 bits per heavy atom. The summed E-state index contributed by atoms with van der Waals surface area (Å²) in [4.78, 5) is 0. The van der Waals surface area contributed by atoms with E-state index in [2.05, 4.69) is 25.6 Å². The predicted molar refractivity (Wildman–Crippen MR) is 56.1 cm³/mol. The van der Waals surface area contributed by atoms with Gasteiger partial charge in [0.25, 0.3) is 0 Å². The van der Waals surface area contributed by atoms with Crippen LogP contribution in [0, 0.1) is 0 Å². The molecule has 0 bridgehead atoms. The minimum absolute atomic E-state index is 0.577. The molecule has 0 aliphatic rings. The molecule has 1 aromatic carbocycles. The van der Waals surface area contributed by atoms with Crippen molar-refractivity contribution in [1.29, 1.82) is 0 Å². The average Bonchev–Trinajstić information content (AvgIpc) is 2.17. The maximum Gasteiger partial charge on any atom is 0.119 e. The minimum Gasteiger partial charge on any atom is -0.490 e. The van der Waals surface area contributed by atoms with Gasteiger partial charge in [0.05, 0.1) is 0 Å². The monoisotopic (exact) mass is 176 g/mol. The normalized spacial score (nSPS) is 9.62. The summed E-state index contributed by atoms with van der Waals surface area (Å²) in [5.74, 6) is 0.916. The molecule has 0 aromatic heterocycles. The first-order valence-electron chi connectivity index (χ1n) is 4.69. The third kappa shape index (κ3) is 3.32. The van der Waals surface area contributed by atoms with Crippen LogP contribution in [-0.4, -0.2) is 6.61 Å². The van der Waals surface area contributed by atoms with E-state index < -0.39 is 0 Å². The van der Waals surface area contributed by atoms with Gasteiger partial charge in [0, 0.05) is 0 Å². The fourth-order valence-electron chi connectivity index (χ4n) is 1.20. The second-order valence-electron chi connectivity index (χ2n) is 2.99. The molecule has 1 aromatic rings. The van der Waals surface area contributed by atoms with E-state index in [1.807, 2.05) is 12.1 Å². The van der Waals surface area contributed by atoms with Gasteiger partial charge in [-0.05, 0) is 24.1 Å². The summed E-state index contributed by atoms with van der Waals surface area (Å²) >= 11 is 0. The molecule has 0 spiro atoms. The van der Waals surface area contributed by atoms with Crippen LogP contribution in [-0.2, 0) is 6.42 Å². The Morgan fingerprint density at radius 3 is 2.54 bits per heavy atom. The second kappa shape index (κ2) is 5.41. The zero-order valence-electron chi connectivity index (χ0n) is 8.12. The van der Waals surface area contributed by atoms with Crippen molar-refractivity contribution in [3.63, 3.8) is 0 Å². The fraction of sp³-hybridized carbons (Fsp3) is 0.333. The molecule has 1 heteroatoms. The van der Waals surface area contributed by atoms with Gasteiger partial charge >= 0.3 is 0 Å². The van der Waals surface area contributed by atoms with Crippen molar-refractivity contribution >= 4 is 0 Å². The molecule has 0 unspecified atom stereocenters. The van der Waals surface area contributed by atoms with Crippen molar-refractivity contribution < 1.29 is 4.74 Å². The van der Waals surface area contributed by atoms with Crippen molar-refractivity contribution in [1.82, 2.24) is 0 Å². The lowest BCUT2D eigenvalue weighted by molar-refractivity contribution is 0.363. The standard InChI is InChI=1S/C12H16O/c1-3-5-11-6-8-12(9-7-11)13-10-4-2/h4,6-9H,2-3,5,10H2,1H3. The topological polar surface area (TPSA) is 9.23 Å². The maximum absolute atomic E-state index is 5.37. The van der Waals surface area contributed by atoms with Gasteiger partial charge in [-0.15, -0.1) is 0 Å². The van der Waals surface area contributed by atoms with Crippen LogP contribution in [0.5, 0.6) is 5.75 Å². The lowest BCUT2D eigenvalue weighted by atomic mass is 10.1. The number of hydrogen-bond acceptors (Lipinski definition) is 1. The summed E-state index contributed by atoms with van der Waals surface area (Å²) in [5, 5.41) is 0. The Kier molecular flexibility index (Phi) is 4.10. The minimum atomic E-state index is 0.577. The van der Waals surface area contributed by atoms with Crippen LogP contribution in [0.4, 0.5) is 0 Å². The molecule has 1 nitrogen and oxygen atoms in total. The van der Waals surface area contributed by atoms with Crippen LogP contribution >= 0.6 is 0 Å². The molecule has 0 radical (unpaired) electrons. The lowest BCUT2D eigenvalue weighted by Crippen LogP contribution is -1.92. The highest BCUT2D eigenvalue weighted by molar-refractivity contribution is 5.27.